The lowest BCUT2D eigenvalue weighted by Crippen LogP contribution is -2.62. The molecule has 160 valence electrons. The van der Waals surface area contributed by atoms with Crippen molar-refractivity contribution in [2.45, 2.75) is 74.6 Å². The molecule has 2 heterocycles. The normalized spacial score (nSPS) is 50.7. The SMILES string of the molecule is CC(=O)O[C@@]1(C)CC(O)[C@]2(O)C=COC(OC3OC(CO)C(O)C(O)C3O)[C@@H]21. The second-order valence-corrected chi connectivity index (χ2v) is 7.63. The largest absolute Gasteiger partial charge is 0.472 e. The van der Waals surface area contributed by atoms with Crippen molar-refractivity contribution in [3.05, 3.63) is 12.3 Å². The molecule has 3 aliphatic rings. The van der Waals surface area contributed by atoms with E-state index in [9.17, 15) is 35.4 Å². The summed E-state index contributed by atoms with van der Waals surface area (Å²) in [4.78, 5) is 11.6. The molecule has 11 nitrogen and oxygen atoms in total. The van der Waals surface area contributed by atoms with Crippen LogP contribution < -0.4 is 0 Å². The summed E-state index contributed by atoms with van der Waals surface area (Å²) in [5, 5.41) is 60.6. The van der Waals surface area contributed by atoms with Crippen LogP contribution in [0.5, 0.6) is 0 Å². The Bertz CT molecular complexity index is 624. The number of carbonyl (C=O) groups excluding carboxylic acids is 1. The fraction of sp³-hybridized carbons (Fsp3) is 0.824. The van der Waals surface area contributed by atoms with Crippen LogP contribution in [0.15, 0.2) is 12.3 Å². The van der Waals surface area contributed by atoms with Crippen LogP contribution in [0.4, 0.5) is 0 Å². The maximum atomic E-state index is 11.6. The van der Waals surface area contributed by atoms with Gasteiger partial charge in [-0.3, -0.25) is 4.79 Å². The summed E-state index contributed by atoms with van der Waals surface area (Å²) in [6.07, 6.45) is -8.06. The quantitative estimate of drug-likeness (QED) is 0.264. The highest BCUT2D eigenvalue weighted by Gasteiger charge is 2.66. The molecule has 1 saturated carbocycles. The fourth-order valence-electron chi connectivity index (χ4n) is 4.25. The van der Waals surface area contributed by atoms with E-state index in [1.807, 2.05) is 0 Å². The first kappa shape index (κ1) is 21.4. The molecule has 0 aromatic rings. The minimum absolute atomic E-state index is 0.101. The average Bonchev–Trinajstić information content (AvgIpc) is 2.81. The Kier molecular flexibility index (Phi) is 5.73. The summed E-state index contributed by atoms with van der Waals surface area (Å²) in [6.45, 7) is 2.04. The molecule has 7 unspecified atom stereocenters. The van der Waals surface area contributed by atoms with Crippen molar-refractivity contribution in [1.29, 1.82) is 0 Å². The molecule has 1 saturated heterocycles. The number of fused-ring (bicyclic) bond motifs is 1. The molecule has 0 bridgehead atoms. The van der Waals surface area contributed by atoms with Gasteiger partial charge in [-0.1, -0.05) is 0 Å². The maximum absolute atomic E-state index is 11.6. The van der Waals surface area contributed by atoms with Gasteiger partial charge in [-0.15, -0.1) is 0 Å². The van der Waals surface area contributed by atoms with Gasteiger partial charge in [0.1, 0.15) is 35.6 Å². The van der Waals surface area contributed by atoms with Crippen LogP contribution in [-0.2, 0) is 23.7 Å². The molecule has 2 fully saturated rings. The van der Waals surface area contributed by atoms with E-state index in [1.165, 1.54) is 19.9 Å². The highest BCUT2D eigenvalue weighted by Crippen LogP contribution is 2.51. The topological polar surface area (TPSA) is 175 Å². The van der Waals surface area contributed by atoms with Crippen molar-refractivity contribution in [3.8, 4) is 0 Å². The van der Waals surface area contributed by atoms with E-state index >= 15 is 0 Å². The zero-order valence-electron chi connectivity index (χ0n) is 15.4. The number of carbonyl (C=O) groups is 1. The fourth-order valence-corrected chi connectivity index (χ4v) is 4.25. The molecule has 11 heteroatoms. The molecule has 1 aliphatic carbocycles. The van der Waals surface area contributed by atoms with Crippen molar-refractivity contribution in [2.24, 2.45) is 5.92 Å². The van der Waals surface area contributed by atoms with Gasteiger partial charge in [0, 0.05) is 13.3 Å². The lowest BCUT2D eigenvalue weighted by Gasteiger charge is -2.45. The third-order valence-corrected chi connectivity index (χ3v) is 5.60. The Hall–Kier alpha value is -1.31. The Morgan fingerprint density at radius 3 is 2.46 bits per heavy atom. The first-order chi connectivity index (χ1) is 13.0. The third-order valence-electron chi connectivity index (χ3n) is 5.60. The Balaban J connectivity index is 1.87. The highest BCUT2D eigenvalue weighted by atomic mass is 16.8. The molecule has 6 N–H and O–H groups in total. The minimum Gasteiger partial charge on any atom is -0.472 e. The van der Waals surface area contributed by atoms with Crippen molar-refractivity contribution in [2.75, 3.05) is 6.61 Å². The summed E-state index contributed by atoms with van der Waals surface area (Å²) in [5.41, 5.74) is -3.22. The van der Waals surface area contributed by atoms with E-state index in [0.29, 0.717) is 0 Å². The van der Waals surface area contributed by atoms with Gasteiger partial charge in [0.25, 0.3) is 0 Å². The highest BCUT2D eigenvalue weighted by molar-refractivity contribution is 5.66. The van der Waals surface area contributed by atoms with Crippen molar-refractivity contribution >= 4 is 5.97 Å². The molecule has 2 aliphatic heterocycles. The average molecular weight is 406 g/mol. The van der Waals surface area contributed by atoms with Gasteiger partial charge in [0.2, 0.25) is 6.29 Å². The first-order valence-corrected chi connectivity index (χ1v) is 8.92. The van der Waals surface area contributed by atoms with Crippen molar-refractivity contribution in [1.82, 2.24) is 0 Å². The molecule has 0 spiro atoms. The number of rotatable bonds is 4. The second kappa shape index (κ2) is 7.50. The second-order valence-electron chi connectivity index (χ2n) is 7.63. The monoisotopic (exact) mass is 406 g/mol. The zero-order valence-corrected chi connectivity index (χ0v) is 15.4. The lowest BCUT2D eigenvalue weighted by atomic mass is 9.81. The molecule has 0 amide bonds. The van der Waals surface area contributed by atoms with Crippen LogP contribution in [0.1, 0.15) is 20.3 Å². The summed E-state index contributed by atoms with van der Waals surface area (Å²) in [6, 6.07) is 0. The van der Waals surface area contributed by atoms with Gasteiger partial charge in [-0.05, 0) is 13.0 Å². The molecule has 0 aromatic heterocycles. The molecule has 10 atom stereocenters. The van der Waals surface area contributed by atoms with Crippen LogP contribution in [0, 0.1) is 5.92 Å². The van der Waals surface area contributed by atoms with Crippen molar-refractivity contribution < 1.29 is 54.4 Å². The molecular weight excluding hydrogens is 380 g/mol. The number of aliphatic hydroxyl groups excluding tert-OH is 5. The summed E-state index contributed by atoms with van der Waals surface area (Å²) in [5.74, 6) is -1.74. The summed E-state index contributed by atoms with van der Waals surface area (Å²) < 4.78 is 21.7. The number of hydrogen-bond donors (Lipinski definition) is 6. The Morgan fingerprint density at radius 2 is 1.86 bits per heavy atom. The minimum atomic E-state index is -1.85. The standard InChI is InChI=1S/C17H26O11/c1-7(19)28-16(2)5-9(20)17(24)3-4-25-15(13(16)17)27-14-12(23)11(22)10(21)8(6-18)26-14/h3-4,8-15,18,20-24H,5-6H2,1-2H3/t8?,9?,10?,11?,12?,13-,14?,15?,16+,17-/m1/s1. The van der Waals surface area contributed by atoms with E-state index in [4.69, 9.17) is 18.9 Å². The van der Waals surface area contributed by atoms with Crippen LogP contribution in [0.3, 0.4) is 0 Å². The number of ether oxygens (including phenoxy) is 4. The summed E-state index contributed by atoms with van der Waals surface area (Å²) >= 11 is 0. The van der Waals surface area contributed by atoms with E-state index in [2.05, 4.69) is 0 Å². The third kappa shape index (κ3) is 3.42. The molecule has 0 aromatic carbocycles. The van der Waals surface area contributed by atoms with Crippen LogP contribution in [-0.4, -0.2) is 97.5 Å². The predicted octanol–water partition coefficient (Wildman–Crippen LogP) is -2.89. The van der Waals surface area contributed by atoms with Crippen LogP contribution >= 0.6 is 0 Å². The maximum Gasteiger partial charge on any atom is 0.303 e. The van der Waals surface area contributed by atoms with E-state index < -0.39 is 72.8 Å². The van der Waals surface area contributed by atoms with Gasteiger partial charge in [0.15, 0.2) is 6.29 Å². The Morgan fingerprint density at radius 1 is 1.18 bits per heavy atom. The Labute approximate surface area is 160 Å². The van der Waals surface area contributed by atoms with Gasteiger partial charge in [-0.2, -0.15) is 0 Å². The number of esters is 1. The van der Waals surface area contributed by atoms with E-state index in [0.717, 1.165) is 6.26 Å². The molecule has 0 radical (unpaired) electrons. The van der Waals surface area contributed by atoms with Crippen LogP contribution in [0.2, 0.25) is 0 Å². The van der Waals surface area contributed by atoms with E-state index in [-0.39, 0.29) is 6.42 Å². The van der Waals surface area contributed by atoms with Gasteiger partial charge in [0.05, 0.1) is 24.9 Å². The first-order valence-electron chi connectivity index (χ1n) is 8.92. The molecular formula is C17H26O11. The van der Waals surface area contributed by atoms with Crippen molar-refractivity contribution in [3.63, 3.8) is 0 Å². The number of aliphatic hydroxyl groups is 6. The smallest absolute Gasteiger partial charge is 0.303 e. The lowest BCUT2D eigenvalue weighted by molar-refractivity contribution is -0.351. The van der Waals surface area contributed by atoms with E-state index in [1.54, 1.807) is 0 Å². The van der Waals surface area contributed by atoms with Gasteiger partial charge < -0.3 is 49.6 Å². The zero-order chi connectivity index (χ0) is 20.9. The van der Waals surface area contributed by atoms with Gasteiger partial charge in [-0.25, -0.2) is 0 Å². The van der Waals surface area contributed by atoms with Gasteiger partial charge >= 0.3 is 5.97 Å². The number of hydrogen-bond acceptors (Lipinski definition) is 11. The molecule has 28 heavy (non-hydrogen) atoms. The summed E-state index contributed by atoms with van der Waals surface area (Å²) in [7, 11) is 0. The predicted molar refractivity (Wildman–Crippen MR) is 88.1 cm³/mol. The molecule has 3 rings (SSSR count). The van der Waals surface area contributed by atoms with Crippen LogP contribution in [0.25, 0.3) is 0 Å².